The first-order valence-corrected chi connectivity index (χ1v) is 12.8. The first-order valence-electron chi connectivity index (χ1n) is 11.8. The highest BCUT2D eigenvalue weighted by atomic mass is 32.2. The molecule has 1 amide bonds. The van der Waals surface area contributed by atoms with Crippen molar-refractivity contribution in [3.63, 3.8) is 0 Å². The van der Waals surface area contributed by atoms with E-state index in [-0.39, 0.29) is 0 Å². The molecule has 3 aromatic carbocycles. The Balaban J connectivity index is 1.89. The van der Waals surface area contributed by atoms with E-state index in [4.69, 9.17) is 11.5 Å². The number of benzene rings is 3. The van der Waals surface area contributed by atoms with Crippen molar-refractivity contribution in [1.29, 1.82) is 0 Å². The van der Waals surface area contributed by atoms with Crippen molar-refractivity contribution in [2.75, 3.05) is 12.3 Å². The smallest absolute Gasteiger partial charge is 0.326 e. The van der Waals surface area contributed by atoms with Gasteiger partial charge < -0.3 is 21.9 Å². The summed E-state index contributed by atoms with van der Waals surface area (Å²) >= 11 is 1.57. The Morgan fingerprint density at radius 2 is 1.29 bits per heavy atom. The summed E-state index contributed by atoms with van der Waals surface area (Å²) in [5.41, 5.74) is 15.0. The first-order chi connectivity index (χ1) is 17.0. The molecule has 0 radical (unpaired) electrons. The second-order valence-corrected chi connectivity index (χ2v) is 9.62. The van der Waals surface area contributed by atoms with E-state index < -0.39 is 28.7 Å². The molecule has 0 aromatic heterocycles. The molecule has 0 aliphatic carbocycles. The lowest BCUT2D eigenvalue weighted by molar-refractivity contribution is -0.142. The molecule has 0 aliphatic heterocycles. The van der Waals surface area contributed by atoms with Crippen molar-refractivity contribution in [1.82, 2.24) is 5.32 Å². The maximum atomic E-state index is 12.9. The van der Waals surface area contributed by atoms with Crippen molar-refractivity contribution in [3.8, 4) is 0 Å². The van der Waals surface area contributed by atoms with Crippen molar-refractivity contribution in [2.24, 2.45) is 11.5 Å². The number of hydrogen-bond donors (Lipinski definition) is 4. The number of carbonyl (C=O) groups is 2. The Morgan fingerprint density at radius 3 is 1.69 bits per heavy atom. The molecule has 6 N–H and O–H groups in total. The van der Waals surface area contributed by atoms with Gasteiger partial charge in [0.15, 0.2) is 0 Å². The van der Waals surface area contributed by atoms with Gasteiger partial charge >= 0.3 is 5.97 Å². The fraction of sp³-hybridized carbons (Fsp3) is 0.286. The number of carbonyl (C=O) groups excluding carboxylic acids is 1. The molecule has 0 bridgehead atoms. The van der Waals surface area contributed by atoms with Gasteiger partial charge in [0.2, 0.25) is 5.91 Å². The van der Waals surface area contributed by atoms with Gasteiger partial charge in [-0.2, -0.15) is 0 Å². The molecule has 3 rings (SSSR count). The third kappa shape index (κ3) is 6.72. The summed E-state index contributed by atoms with van der Waals surface area (Å²) in [7, 11) is 0. The molecular formula is C28H33N3O3S. The quantitative estimate of drug-likeness (QED) is 0.214. The van der Waals surface area contributed by atoms with Crippen LogP contribution in [0.3, 0.4) is 0 Å². The summed E-state index contributed by atoms with van der Waals surface area (Å²) in [6, 6.07) is 28.6. The van der Waals surface area contributed by atoms with Gasteiger partial charge in [0.05, 0.1) is 10.8 Å². The lowest BCUT2D eigenvalue weighted by atomic mass is 9.84. The highest BCUT2D eigenvalue weighted by molar-refractivity contribution is 8.00. The predicted octanol–water partition coefficient (Wildman–Crippen LogP) is 3.74. The monoisotopic (exact) mass is 491 g/mol. The molecule has 6 nitrogen and oxygen atoms in total. The number of nitrogens with one attached hydrogen (secondary N) is 1. The number of amides is 1. The molecule has 0 aliphatic rings. The Labute approximate surface area is 211 Å². The van der Waals surface area contributed by atoms with Gasteiger partial charge in [0.25, 0.3) is 0 Å². The fourth-order valence-corrected chi connectivity index (χ4v) is 5.58. The standard InChI is InChI=1S/C28H33N3O3S/c29-19-11-10-18-25(27(33)34)31-26(32)24(30)20-35-28(21-12-4-1-5-13-21,22-14-6-2-7-15-22)23-16-8-3-9-17-23/h1-9,12-17,24-25H,10-11,18-20,29-30H2,(H,31,32)(H,33,34)/t24-,25-/m0/s1. The number of nitrogens with two attached hydrogens (primary N) is 2. The topological polar surface area (TPSA) is 118 Å². The third-order valence-corrected chi connectivity index (χ3v) is 7.58. The first kappa shape index (κ1) is 26.5. The van der Waals surface area contributed by atoms with E-state index in [0.29, 0.717) is 31.6 Å². The van der Waals surface area contributed by atoms with Gasteiger partial charge in [-0.3, -0.25) is 4.79 Å². The summed E-state index contributed by atoms with van der Waals surface area (Å²) < 4.78 is -0.602. The molecule has 0 heterocycles. The van der Waals surface area contributed by atoms with Crippen LogP contribution in [0.1, 0.15) is 36.0 Å². The van der Waals surface area contributed by atoms with Crippen LogP contribution in [0.15, 0.2) is 91.0 Å². The molecule has 0 spiro atoms. The van der Waals surface area contributed by atoms with Crippen LogP contribution in [0.4, 0.5) is 0 Å². The van der Waals surface area contributed by atoms with E-state index in [9.17, 15) is 14.7 Å². The Morgan fingerprint density at radius 1 is 0.829 bits per heavy atom. The lowest BCUT2D eigenvalue weighted by Gasteiger charge is -2.36. The van der Waals surface area contributed by atoms with Gasteiger partial charge in [0.1, 0.15) is 6.04 Å². The SMILES string of the molecule is NCCCC[C@H](NC(=O)[C@@H](N)CSC(c1ccccc1)(c1ccccc1)c1ccccc1)C(=O)O. The zero-order valence-electron chi connectivity index (χ0n) is 19.7. The maximum Gasteiger partial charge on any atom is 0.326 e. The summed E-state index contributed by atoms with van der Waals surface area (Å²) in [6.07, 6.45) is 1.65. The summed E-state index contributed by atoms with van der Waals surface area (Å²) in [5, 5.41) is 12.1. The molecule has 184 valence electrons. The van der Waals surface area contributed by atoms with Crippen molar-refractivity contribution < 1.29 is 14.7 Å². The Kier molecular flexibility index (Phi) is 9.90. The van der Waals surface area contributed by atoms with Crippen LogP contribution < -0.4 is 16.8 Å². The minimum absolute atomic E-state index is 0.291. The van der Waals surface area contributed by atoms with Crippen LogP contribution in [-0.4, -0.2) is 41.4 Å². The minimum Gasteiger partial charge on any atom is -0.480 e. The zero-order chi connectivity index (χ0) is 25.1. The second-order valence-electron chi connectivity index (χ2n) is 8.38. The van der Waals surface area contributed by atoms with Crippen molar-refractivity contribution in [3.05, 3.63) is 108 Å². The van der Waals surface area contributed by atoms with Crippen LogP contribution in [-0.2, 0) is 14.3 Å². The van der Waals surface area contributed by atoms with E-state index in [1.165, 1.54) is 0 Å². The number of thioether (sulfide) groups is 1. The van der Waals surface area contributed by atoms with E-state index >= 15 is 0 Å². The molecule has 35 heavy (non-hydrogen) atoms. The molecule has 0 fully saturated rings. The number of rotatable bonds is 13. The number of aliphatic carboxylic acids is 1. The summed E-state index contributed by atoms with van der Waals surface area (Å²) in [5.74, 6) is -1.25. The Bertz CT molecular complexity index is 968. The average molecular weight is 492 g/mol. The number of carboxylic acid groups (broad SMARTS) is 1. The molecule has 0 saturated carbocycles. The van der Waals surface area contributed by atoms with Gasteiger partial charge in [-0.05, 0) is 42.5 Å². The average Bonchev–Trinajstić information content (AvgIpc) is 2.90. The largest absolute Gasteiger partial charge is 0.480 e. The van der Waals surface area contributed by atoms with Gasteiger partial charge in [-0.25, -0.2) is 4.79 Å². The molecule has 2 atom stereocenters. The normalized spacial score (nSPS) is 13.1. The second kappa shape index (κ2) is 13.1. The molecule has 7 heteroatoms. The zero-order valence-corrected chi connectivity index (χ0v) is 20.5. The highest BCUT2D eigenvalue weighted by Gasteiger charge is 2.38. The van der Waals surface area contributed by atoms with Gasteiger partial charge in [0, 0.05) is 5.75 Å². The molecule has 3 aromatic rings. The van der Waals surface area contributed by atoms with Crippen molar-refractivity contribution in [2.45, 2.75) is 36.1 Å². The number of carboxylic acids is 1. The summed E-state index contributed by atoms with van der Waals surface area (Å²) in [4.78, 5) is 24.5. The summed E-state index contributed by atoms with van der Waals surface area (Å²) in [6.45, 7) is 0.483. The predicted molar refractivity (Wildman–Crippen MR) is 142 cm³/mol. The van der Waals surface area contributed by atoms with Crippen LogP contribution in [0.25, 0.3) is 0 Å². The van der Waals surface area contributed by atoms with E-state index in [2.05, 4.69) is 41.7 Å². The van der Waals surface area contributed by atoms with Crippen LogP contribution in [0.2, 0.25) is 0 Å². The van der Waals surface area contributed by atoms with E-state index in [0.717, 1.165) is 16.7 Å². The van der Waals surface area contributed by atoms with Crippen LogP contribution in [0, 0.1) is 0 Å². The molecule has 0 saturated heterocycles. The van der Waals surface area contributed by atoms with Crippen LogP contribution >= 0.6 is 11.8 Å². The Hall–Kier alpha value is -3.13. The third-order valence-electron chi connectivity index (χ3n) is 5.92. The maximum absolute atomic E-state index is 12.9. The number of hydrogen-bond acceptors (Lipinski definition) is 5. The number of unbranched alkanes of at least 4 members (excludes halogenated alkanes) is 1. The van der Waals surface area contributed by atoms with Crippen LogP contribution in [0.5, 0.6) is 0 Å². The van der Waals surface area contributed by atoms with E-state index in [1.54, 1.807) is 11.8 Å². The molecule has 0 unspecified atom stereocenters. The minimum atomic E-state index is -1.07. The lowest BCUT2D eigenvalue weighted by Crippen LogP contribution is -2.49. The molecular weight excluding hydrogens is 458 g/mol. The van der Waals surface area contributed by atoms with E-state index in [1.807, 2.05) is 54.6 Å². The fourth-order valence-electron chi connectivity index (χ4n) is 4.09. The highest BCUT2D eigenvalue weighted by Crippen LogP contribution is 2.48. The van der Waals surface area contributed by atoms with Gasteiger partial charge in [-0.1, -0.05) is 91.0 Å². The van der Waals surface area contributed by atoms with Gasteiger partial charge in [-0.15, -0.1) is 11.8 Å². The van der Waals surface area contributed by atoms with Crippen molar-refractivity contribution >= 4 is 23.6 Å².